The molecule has 2 aliphatic heterocycles. The predicted molar refractivity (Wildman–Crippen MR) is 101 cm³/mol. The summed E-state index contributed by atoms with van der Waals surface area (Å²) >= 11 is 1.37. The fourth-order valence-electron chi connectivity index (χ4n) is 3.01. The second-order valence-electron chi connectivity index (χ2n) is 6.46. The summed E-state index contributed by atoms with van der Waals surface area (Å²) in [7, 11) is 0. The molecule has 0 radical (unpaired) electrons. The molecule has 0 spiro atoms. The van der Waals surface area contributed by atoms with E-state index in [1.807, 2.05) is 0 Å². The van der Waals surface area contributed by atoms with Crippen molar-refractivity contribution in [2.24, 2.45) is 0 Å². The minimum Gasteiger partial charge on any atom is -0.479 e. The molecule has 0 bridgehead atoms. The first-order valence-electron chi connectivity index (χ1n) is 8.66. The highest BCUT2D eigenvalue weighted by molar-refractivity contribution is 7.14. The number of ether oxygens (including phenoxy) is 1. The molecule has 140 valence electrons. The van der Waals surface area contributed by atoms with Gasteiger partial charge in [-0.25, -0.2) is 4.98 Å². The number of carbonyl (C=O) groups excluding carboxylic acids is 3. The molecule has 1 aromatic carbocycles. The van der Waals surface area contributed by atoms with E-state index in [0.717, 1.165) is 6.42 Å². The number of aromatic nitrogens is 1. The zero-order chi connectivity index (χ0) is 19.0. The van der Waals surface area contributed by atoms with Gasteiger partial charge in [-0.2, -0.15) is 0 Å². The Bertz CT molecular complexity index is 926. The molecule has 0 saturated carbocycles. The molecule has 27 heavy (non-hydrogen) atoms. The topological polar surface area (TPSA) is 101 Å². The Hall–Kier alpha value is -2.94. The van der Waals surface area contributed by atoms with Gasteiger partial charge in [-0.1, -0.05) is 0 Å². The van der Waals surface area contributed by atoms with Gasteiger partial charge >= 0.3 is 0 Å². The average molecular weight is 386 g/mol. The molecule has 2 aromatic rings. The quantitative estimate of drug-likeness (QED) is 0.839. The number of carbonyl (C=O) groups is 3. The van der Waals surface area contributed by atoms with E-state index in [9.17, 15) is 14.4 Å². The molecular weight excluding hydrogens is 368 g/mol. The fraction of sp³-hybridized carbons (Fsp3) is 0.333. The van der Waals surface area contributed by atoms with E-state index >= 15 is 0 Å². The van der Waals surface area contributed by atoms with Crippen LogP contribution in [0.3, 0.4) is 0 Å². The van der Waals surface area contributed by atoms with Crippen LogP contribution in [-0.2, 0) is 20.8 Å². The average Bonchev–Trinajstić information content (AvgIpc) is 3.24. The second-order valence-corrected chi connectivity index (χ2v) is 7.29. The van der Waals surface area contributed by atoms with E-state index in [1.54, 1.807) is 35.4 Å². The Morgan fingerprint density at radius 1 is 1.44 bits per heavy atom. The molecule has 1 aromatic heterocycles. The number of nitrogens with zero attached hydrogens (tertiary/aromatic N) is 2. The van der Waals surface area contributed by atoms with Crippen LogP contribution in [0.1, 0.15) is 25.5 Å². The molecule has 2 aliphatic rings. The fourth-order valence-corrected chi connectivity index (χ4v) is 3.88. The number of benzene rings is 1. The highest BCUT2D eigenvalue weighted by Crippen LogP contribution is 2.32. The first-order chi connectivity index (χ1) is 13.0. The SMILES string of the molecule is C[C@H]1Oc2ccc(NC(=O)Cc3csc(N4CCCC4=O)n3)cc2NC1=O. The maximum Gasteiger partial charge on any atom is 0.265 e. The van der Waals surface area contributed by atoms with Crippen LogP contribution in [0.15, 0.2) is 23.6 Å². The Morgan fingerprint density at radius 3 is 3.07 bits per heavy atom. The lowest BCUT2D eigenvalue weighted by Gasteiger charge is -2.23. The van der Waals surface area contributed by atoms with Gasteiger partial charge in [0.25, 0.3) is 5.91 Å². The van der Waals surface area contributed by atoms with E-state index in [1.165, 1.54) is 11.3 Å². The van der Waals surface area contributed by atoms with Crippen molar-refractivity contribution in [3.8, 4) is 5.75 Å². The minimum atomic E-state index is -0.542. The second kappa shape index (κ2) is 6.99. The molecule has 2 N–H and O–H groups in total. The number of amides is 3. The lowest BCUT2D eigenvalue weighted by atomic mass is 10.2. The summed E-state index contributed by atoms with van der Waals surface area (Å²) in [4.78, 5) is 41.9. The van der Waals surface area contributed by atoms with Crippen molar-refractivity contribution in [1.82, 2.24) is 4.98 Å². The smallest absolute Gasteiger partial charge is 0.265 e. The van der Waals surface area contributed by atoms with Crippen molar-refractivity contribution in [3.05, 3.63) is 29.3 Å². The molecule has 1 fully saturated rings. The monoisotopic (exact) mass is 386 g/mol. The molecule has 1 saturated heterocycles. The summed E-state index contributed by atoms with van der Waals surface area (Å²) < 4.78 is 5.49. The van der Waals surface area contributed by atoms with Gasteiger partial charge in [0.2, 0.25) is 11.8 Å². The maximum absolute atomic E-state index is 12.3. The van der Waals surface area contributed by atoms with Crippen LogP contribution in [0.4, 0.5) is 16.5 Å². The zero-order valence-corrected chi connectivity index (χ0v) is 15.5. The molecule has 4 rings (SSSR count). The predicted octanol–water partition coefficient (Wildman–Crippen LogP) is 2.17. The zero-order valence-electron chi connectivity index (χ0n) is 14.7. The van der Waals surface area contributed by atoms with Gasteiger partial charge in [0.15, 0.2) is 11.2 Å². The van der Waals surface area contributed by atoms with Crippen molar-refractivity contribution in [3.63, 3.8) is 0 Å². The minimum absolute atomic E-state index is 0.0768. The van der Waals surface area contributed by atoms with E-state index in [2.05, 4.69) is 15.6 Å². The van der Waals surface area contributed by atoms with Gasteiger partial charge in [-0.05, 0) is 31.5 Å². The largest absolute Gasteiger partial charge is 0.479 e. The van der Waals surface area contributed by atoms with E-state index in [4.69, 9.17) is 4.74 Å². The standard InChI is InChI=1S/C18H18N4O4S/c1-10-17(25)21-13-7-11(4-5-14(13)26-10)19-15(23)8-12-9-27-18(20-12)22-6-2-3-16(22)24/h4-5,7,9-10H,2-3,6,8H2,1H3,(H,19,23)(H,21,25)/t10-/m1/s1. The highest BCUT2D eigenvalue weighted by atomic mass is 32.1. The number of rotatable bonds is 4. The third-order valence-corrected chi connectivity index (χ3v) is 5.29. The van der Waals surface area contributed by atoms with Crippen LogP contribution >= 0.6 is 11.3 Å². The number of thiazole rings is 1. The summed E-state index contributed by atoms with van der Waals surface area (Å²) in [5.41, 5.74) is 1.71. The normalized spacial score (nSPS) is 18.7. The lowest BCUT2D eigenvalue weighted by Crippen LogP contribution is -2.34. The van der Waals surface area contributed by atoms with Crippen LogP contribution in [0, 0.1) is 0 Å². The first kappa shape index (κ1) is 17.5. The molecule has 0 aliphatic carbocycles. The molecule has 8 nitrogen and oxygen atoms in total. The summed E-state index contributed by atoms with van der Waals surface area (Å²) in [6, 6.07) is 5.09. The first-order valence-corrected chi connectivity index (χ1v) is 9.54. The third-order valence-electron chi connectivity index (χ3n) is 4.38. The number of hydrogen-bond donors (Lipinski definition) is 2. The Morgan fingerprint density at radius 2 is 2.30 bits per heavy atom. The van der Waals surface area contributed by atoms with Gasteiger partial charge in [0.05, 0.1) is 17.8 Å². The van der Waals surface area contributed by atoms with Crippen molar-refractivity contribution in [2.75, 3.05) is 22.1 Å². The van der Waals surface area contributed by atoms with E-state index in [0.29, 0.717) is 40.9 Å². The number of anilines is 3. The summed E-state index contributed by atoms with van der Waals surface area (Å²) in [5.74, 6) is 0.195. The van der Waals surface area contributed by atoms with Crippen molar-refractivity contribution < 1.29 is 19.1 Å². The number of hydrogen-bond acceptors (Lipinski definition) is 6. The summed E-state index contributed by atoms with van der Waals surface area (Å²) in [6.45, 7) is 2.35. The number of nitrogens with one attached hydrogen (secondary N) is 2. The Balaban J connectivity index is 1.40. The Labute approximate surface area is 159 Å². The van der Waals surface area contributed by atoms with Gasteiger partial charge in [-0.3, -0.25) is 19.3 Å². The summed E-state index contributed by atoms with van der Waals surface area (Å²) in [6.07, 6.45) is 0.952. The van der Waals surface area contributed by atoms with Crippen LogP contribution < -0.4 is 20.3 Å². The van der Waals surface area contributed by atoms with E-state index in [-0.39, 0.29) is 24.1 Å². The molecule has 9 heteroatoms. The van der Waals surface area contributed by atoms with Gasteiger partial charge in [0.1, 0.15) is 5.75 Å². The highest BCUT2D eigenvalue weighted by Gasteiger charge is 2.25. The molecule has 3 amide bonds. The molecule has 3 heterocycles. The lowest BCUT2D eigenvalue weighted by molar-refractivity contribution is -0.122. The van der Waals surface area contributed by atoms with Crippen LogP contribution in [-0.4, -0.2) is 35.4 Å². The Kier molecular flexibility index (Phi) is 4.53. The molecular formula is C18H18N4O4S. The maximum atomic E-state index is 12.3. The van der Waals surface area contributed by atoms with Crippen LogP contribution in [0.5, 0.6) is 5.75 Å². The molecule has 0 unspecified atom stereocenters. The van der Waals surface area contributed by atoms with Gasteiger partial charge in [-0.15, -0.1) is 11.3 Å². The van der Waals surface area contributed by atoms with E-state index < -0.39 is 6.10 Å². The van der Waals surface area contributed by atoms with Gasteiger partial charge < -0.3 is 15.4 Å². The van der Waals surface area contributed by atoms with Crippen LogP contribution in [0.25, 0.3) is 0 Å². The van der Waals surface area contributed by atoms with Crippen LogP contribution in [0.2, 0.25) is 0 Å². The number of fused-ring (bicyclic) bond motifs is 1. The van der Waals surface area contributed by atoms with Crippen molar-refractivity contribution in [1.29, 1.82) is 0 Å². The van der Waals surface area contributed by atoms with Gasteiger partial charge in [0, 0.05) is 24.0 Å². The summed E-state index contributed by atoms with van der Waals surface area (Å²) in [5, 5.41) is 7.98. The van der Waals surface area contributed by atoms with Crippen molar-refractivity contribution in [2.45, 2.75) is 32.3 Å². The third kappa shape index (κ3) is 3.63. The molecule has 1 atom stereocenters. The van der Waals surface area contributed by atoms with Crippen molar-refractivity contribution >= 4 is 45.6 Å².